The number of carbonyl (C=O) groups is 1. The summed E-state index contributed by atoms with van der Waals surface area (Å²) in [5.74, 6) is 0.00736. The molecule has 1 aromatic heterocycles. The molecule has 0 aliphatic rings. The number of carboxylic acid groups (broad SMARTS) is 1. The minimum atomic E-state index is -0.767. The number of nitrogens with one attached hydrogen (secondary N) is 1. The molecule has 0 radical (unpaired) electrons. The van der Waals surface area contributed by atoms with Gasteiger partial charge in [0.15, 0.2) is 0 Å². The van der Waals surface area contributed by atoms with Crippen molar-refractivity contribution in [1.29, 1.82) is 0 Å². The Kier molecular flexibility index (Phi) is 5.80. The number of para-hydroxylation sites is 2. The summed E-state index contributed by atoms with van der Waals surface area (Å²) < 4.78 is 5.72. The van der Waals surface area contributed by atoms with Gasteiger partial charge in [0, 0.05) is 22.9 Å². The number of aryl methyl sites for hydroxylation is 1. The number of nitrogens with zero attached hydrogens (tertiary/aromatic N) is 1. The van der Waals surface area contributed by atoms with Crippen molar-refractivity contribution in [1.82, 2.24) is 4.98 Å². The van der Waals surface area contributed by atoms with Crippen LogP contribution in [-0.2, 0) is 4.79 Å². The van der Waals surface area contributed by atoms with E-state index in [1.165, 1.54) is 0 Å². The third kappa shape index (κ3) is 4.35. The van der Waals surface area contributed by atoms with Gasteiger partial charge in [0.05, 0.1) is 23.3 Å². The molecule has 4 aromatic rings. The minimum absolute atomic E-state index is 0.180. The predicted molar refractivity (Wildman–Crippen MR) is 121 cm³/mol. The lowest BCUT2D eigenvalue weighted by Gasteiger charge is -2.15. The maximum Gasteiger partial charge on any atom is 0.303 e. The fourth-order valence-corrected chi connectivity index (χ4v) is 3.54. The summed E-state index contributed by atoms with van der Waals surface area (Å²) in [4.78, 5) is 15.4. The zero-order valence-electron chi connectivity index (χ0n) is 16.9. The smallest absolute Gasteiger partial charge is 0.303 e. The highest BCUT2D eigenvalue weighted by Gasteiger charge is 2.10. The molecular weight excluding hydrogens is 376 g/mol. The Balaban J connectivity index is 1.55. The van der Waals surface area contributed by atoms with E-state index in [-0.39, 0.29) is 6.42 Å². The minimum Gasteiger partial charge on any atom is -0.494 e. The van der Waals surface area contributed by atoms with Crippen LogP contribution in [0.2, 0.25) is 0 Å². The normalized spacial score (nSPS) is 11.0. The zero-order valence-corrected chi connectivity index (χ0v) is 16.9. The van der Waals surface area contributed by atoms with Crippen molar-refractivity contribution in [3.05, 3.63) is 72.3 Å². The molecule has 152 valence electrons. The lowest BCUT2D eigenvalue weighted by Crippen LogP contribution is -2.00. The molecule has 0 saturated carbocycles. The average Bonchev–Trinajstić information content (AvgIpc) is 2.75. The van der Waals surface area contributed by atoms with Crippen LogP contribution in [0.15, 0.2) is 66.7 Å². The Labute approximate surface area is 175 Å². The Morgan fingerprint density at radius 3 is 2.53 bits per heavy atom. The zero-order chi connectivity index (χ0) is 20.9. The first-order chi connectivity index (χ1) is 14.6. The molecule has 0 unspecified atom stereocenters. The van der Waals surface area contributed by atoms with E-state index < -0.39 is 5.97 Å². The van der Waals surface area contributed by atoms with E-state index in [2.05, 4.69) is 36.5 Å². The number of rotatable bonds is 8. The lowest BCUT2D eigenvalue weighted by molar-refractivity contribution is -0.137. The maximum absolute atomic E-state index is 10.6. The average molecular weight is 400 g/mol. The Bertz CT molecular complexity index is 1190. The molecule has 0 atom stereocenters. The fraction of sp³-hybridized carbons (Fsp3) is 0.200. The number of aliphatic carboxylic acids is 1. The van der Waals surface area contributed by atoms with Gasteiger partial charge >= 0.3 is 5.97 Å². The number of pyridine rings is 1. The van der Waals surface area contributed by atoms with Crippen molar-refractivity contribution in [2.75, 3.05) is 11.9 Å². The monoisotopic (exact) mass is 400 g/mol. The Morgan fingerprint density at radius 1 is 0.967 bits per heavy atom. The van der Waals surface area contributed by atoms with E-state index >= 15 is 0 Å². The molecule has 0 spiro atoms. The molecule has 0 bridgehead atoms. The number of hydrogen-bond acceptors (Lipinski definition) is 4. The van der Waals surface area contributed by atoms with Gasteiger partial charge < -0.3 is 15.2 Å². The first-order valence-electron chi connectivity index (χ1n) is 10.1. The van der Waals surface area contributed by atoms with Gasteiger partial charge in [-0.3, -0.25) is 4.79 Å². The van der Waals surface area contributed by atoms with Gasteiger partial charge in [0.25, 0.3) is 0 Å². The van der Waals surface area contributed by atoms with Gasteiger partial charge in [-0.2, -0.15) is 0 Å². The third-order valence-electron chi connectivity index (χ3n) is 5.09. The Morgan fingerprint density at radius 2 is 1.73 bits per heavy atom. The second kappa shape index (κ2) is 8.82. The molecule has 0 saturated heterocycles. The SMILES string of the molecule is Cc1cccc2c(Nc3ccc(OCCCCC(=O)O)cc3)c3ccccc3nc12. The number of aromatic nitrogens is 1. The maximum atomic E-state index is 10.6. The highest BCUT2D eigenvalue weighted by atomic mass is 16.5. The van der Waals surface area contributed by atoms with Crippen LogP contribution in [0.3, 0.4) is 0 Å². The summed E-state index contributed by atoms with van der Waals surface area (Å²) in [6.07, 6.45) is 1.52. The van der Waals surface area contributed by atoms with Gasteiger partial charge in [-0.25, -0.2) is 4.98 Å². The van der Waals surface area contributed by atoms with Crippen LogP contribution in [0, 0.1) is 6.92 Å². The predicted octanol–water partition coefficient (Wildman–Crippen LogP) is 6.07. The number of ether oxygens (including phenoxy) is 1. The summed E-state index contributed by atoms with van der Waals surface area (Å²) in [7, 11) is 0. The topological polar surface area (TPSA) is 71.5 Å². The van der Waals surface area contributed by atoms with Crippen molar-refractivity contribution in [3.63, 3.8) is 0 Å². The van der Waals surface area contributed by atoms with Crippen LogP contribution in [0.4, 0.5) is 11.4 Å². The molecule has 5 nitrogen and oxygen atoms in total. The first kappa shape index (κ1) is 19.7. The second-order valence-electron chi connectivity index (χ2n) is 7.32. The van der Waals surface area contributed by atoms with Crippen molar-refractivity contribution >= 4 is 39.1 Å². The van der Waals surface area contributed by atoms with Gasteiger partial charge in [-0.1, -0.05) is 36.4 Å². The van der Waals surface area contributed by atoms with Crippen LogP contribution in [0.1, 0.15) is 24.8 Å². The fourth-order valence-electron chi connectivity index (χ4n) is 3.54. The van der Waals surface area contributed by atoms with Gasteiger partial charge in [0.2, 0.25) is 0 Å². The van der Waals surface area contributed by atoms with Gasteiger partial charge in [-0.15, -0.1) is 0 Å². The summed E-state index contributed by atoms with van der Waals surface area (Å²) in [6.45, 7) is 2.59. The van der Waals surface area contributed by atoms with E-state index in [4.69, 9.17) is 14.8 Å². The second-order valence-corrected chi connectivity index (χ2v) is 7.32. The van der Waals surface area contributed by atoms with Crippen LogP contribution in [0.5, 0.6) is 5.75 Å². The van der Waals surface area contributed by atoms with Crippen LogP contribution >= 0.6 is 0 Å². The van der Waals surface area contributed by atoms with E-state index in [0.717, 1.165) is 50.9 Å². The molecule has 5 heteroatoms. The third-order valence-corrected chi connectivity index (χ3v) is 5.09. The van der Waals surface area contributed by atoms with E-state index in [1.54, 1.807) is 0 Å². The molecule has 2 N–H and O–H groups in total. The molecule has 0 amide bonds. The molecule has 4 rings (SSSR count). The molecule has 0 aliphatic carbocycles. The van der Waals surface area contributed by atoms with Crippen molar-refractivity contribution in [2.24, 2.45) is 0 Å². The summed E-state index contributed by atoms with van der Waals surface area (Å²) in [5.41, 5.74) is 5.12. The van der Waals surface area contributed by atoms with Gasteiger partial charge in [0.1, 0.15) is 5.75 Å². The van der Waals surface area contributed by atoms with Crippen LogP contribution in [0.25, 0.3) is 21.8 Å². The Hall–Kier alpha value is -3.60. The van der Waals surface area contributed by atoms with Gasteiger partial charge in [-0.05, 0) is 55.7 Å². The van der Waals surface area contributed by atoms with Crippen molar-refractivity contribution in [2.45, 2.75) is 26.2 Å². The number of fused-ring (bicyclic) bond motifs is 2. The molecule has 0 aliphatic heterocycles. The summed E-state index contributed by atoms with van der Waals surface area (Å²) >= 11 is 0. The number of carboxylic acids is 1. The van der Waals surface area contributed by atoms with E-state index in [0.29, 0.717) is 13.0 Å². The van der Waals surface area contributed by atoms with Crippen LogP contribution < -0.4 is 10.1 Å². The quantitative estimate of drug-likeness (QED) is 0.277. The van der Waals surface area contributed by atoms with E-state index in [9.17, 15) is 4.79 Å². The number of benzene rings is 3. The molecular formula is C25H24N2O3. The molecule has 0 fully saturated rings. The standard InChI is InChI=1S/C25H24N2O3/c1-17-7-6-9-21-24(17)27-22-10-3-2-8-20(22)25(21)26-18-12-14-19(15-13-18)30-16-5-4-11-23(28)29/h2-3,6-10,12-15H,4-5,11,16H2,1H3,(H,26,27)(H,28,29). The number of hydrogen-bond donors (Lipinski definition) is 2. The number of unbranched alkanes of at least 4 members (excludes halogenated alkanes) is 1. The van der Waals surface area contributed by atoms with Crippen LogP contribution in [-0.4, -0.2) is 22.7 Å². The highest BCUT2D eigenvalue weighted by Crippen LogP contribution is 2.34. The number of anilines is 2. The van der Waals surface area contributed by atoms with E-state index in [1.807, 2.05) is 42.5 Å². The van der Waals surface area contributed by atoms with Crippen molar-refractivity contribution in [3.8, 4) is 5.75 Å². The molecule has 1 heterocycles. The summed E-state index contributed by atoms with van der Waals surface area (Å²) in [5, 5.41) is 14.4. The largest absolute Gasteiger partial charge is 0.494 e. The first-order valence-corrected chi connectivity index (χ1v) is 10.1. The highest BCUT2D eigenvalue weighted by molar-refractivity contribution is 6.09. The lowest BCUT2D eigenvalue weighted by atomic mass is 10.0. The summed E-state index contributed by atoms with van der Waals surface area (Å²) in [6, 6.07) is 22.2. The van der Waals surface area contributed by atoms with Crippen molar-refractivity contribution < 1.29 is 14.6 Å². The molecule has 30 heavy (non-hydrogen) atoms. The molecule has 3 aromatic carbocycles.